The van der Waals surface area contributed by atoms with Crippen molar-refractivity contribution in [1.29, 1.82) is 0 Å². The van der Waals surface area contributed by atoms with E-state index in [1.54, 1.807) is 0 Å². The van der Waals surface area contributed by atoms with Crippen molar-refractivity contribution < 1.29 is 0 Å². The molecule has 0 atom stereocenters. The fourth-order valence-corrected chi connectivity index (χ4v) is 1.98. The van der Waals surface area contributed by atoms with Crippen LogP contribution in [0.3, 0.4) is 0 Å². The lowest BCUT2D eigenvalue weighted by Gasteiger charge is -2.10. The van der Waals surface area contributed by atoms with Gasteiger partial charge in [-0.15, -0.1) is 0 Å². The molecule has 0 radical (unpaired) electrons. The highest BCUT2D eigenvalue weighted by atomic mass is 14.7. The van der Waals surface area contributed by atoms with E-state index in [4.69, 9.17) is 4.99 Å². The van der Waals surface area contributed by atoms with Crippen molar-refractivity contribution >= 4 is 5.71 Å². The molecule has 1 heteroatoms. The molecule has 2 rings (SSSR count). The highest BCUT2D eigenvalue weighted by Gasteiger charge is 2.07. The standard InChI is InChI=1S/C17H19N/c1-14(2)17(16-11-7-4-8-12-16)18-13-15-9-5-3-6-10-15/h3-12,14H,13H2,1-2H3. The van der Waals surface area contributed by atoms with Gasteiger partial charge < -0.3 is 0 Å². The average Bonchev–Trinajstić information content (AvgIpc) is 2.41. The van der Waals surface area contributed by atoms with Gasteiger partial charge in [0.05, 0.1) is 6.54 Å². The predicted molar refractivity (Wildman–Crippen MR) is 78.0 cm³/mol. The van der Waals surface area contributed by atoms with E-state index in [-0.39, 0.29) is 0 Å². The molecule has 0 bridgehead atoms. The fraction of sp³-hybridized carbons (Fsp3) is 0.235. The summed E-state index contributed by atoms with van der Waals surface area (Å²) < 4.78 is 0. The topological polar surface area (TPSA) is 12.4 Å². The van der Waals surface area contributed by atoms with Gasteiger partial charge in [-0.2, -0.15) is 0 Å². The molecule has 0 aliphatic carbocycles. The lowest BCUT2D eigenvalue weighted by atomic mass is 10.00. The second-order valence-electron chi connectivity index (χ2n) is 4.71. The van der Waals surface area contributed by atoms with Gasteiger partial charge in [0.25, 0.3) is 0 Å². The molecule has 92 valence electrons. The third kappa shape index (κ3) is 3.30. The van der Waals surface area contributed by atoms with Crippen LogP contribution in [0.4, 0.5) is 0 Å². The molecule has 2 aromatic carbocycles. The summed E-state index contributed by atoms with van der Waals surface area (Å²) in [6, 6.07) is 20.8. The fourth-order valence-electron chi connectivity index (χ4n) is 1.98. The van der Waals surface area contributed by atoms with Gasteiger partial charge in [0.2, 0.25) is 0 Å². The smallest absolute Gasteiger partial charge is 0.0643 e. The van der Waals surface area contributed by atoms with Gasteiger partial charge in [-0.05, 0) is 17.0 Å². The van der Waals surface area contributed by atoms with Crippen LogP contribution >= 0.6 is 0 Å². The van der Waals surface area contributed by atoms with Crippen molar-refractivity contribution in [1.82, 2.24) is 0 Å². The Balaban J connectivity index is 2.21. The number of benzene rings is 2. The van der Waals surface area contributed by atoms with E-state index in [2.05, 4.69) is 62.4 Å². The summed E-state index contributed by atoms with van der Waals surface area (Å²) in [6.45, 7) is 5.14. The van der Waals surface area contributed by atoms with Gasteiger partial charge in [0.15, 0.2) is 0 Å². The summed E-state index contributed by atoms with van der Waals surface area (Å²) in [5.41, 5.74) is 3.66. The minimum Gasteiger partial charge on any atom is -0.284 e. The van der Waals surface area contributed by atoms with Crippen LogP contribution < -0.4 is 0 Å². The van der Waals surface area contributed by atoms with Gasteiger partial charge in [-0.1, -0.05) is 74.5 Å². The van der Waals surface area contributed by atoms with Crippen molar-refractivity contribution in [2.24, 2.45) is 10.9 Å². The molecule has 0 N–H and O–H groups in total. The van der Waals surface area contributed by atoms with E-state index >= 15 is 0 Å². The molecule has 0 unspecified atom stereocenters. The molecule has 0 aromatic heterocycles. The molecule has 18 heavy (non-hydrogen) atoms. The monoisotopic (exact) mass is 237 g/mol. The number of hydrogen-bond acceptors (Lipinski definition) is 1. The van der Waals surface area contributed by atoms with Gasteiger partial charge in [0.1, 0.15) is 0 Å². The summed E-state index contributed by atoms with van der Waals surface area (Å²) in [4.78, 5) is 4.78. The van der Waals surface area contributed by atoms with E-state index in [9.17, 15) is 0 Å². The molecule has 0 heterocycles. The Hall–Kier alpha value is -1.89. The summed E-state index contributed by atoms with van der Waals surface area (Å²) in [5.74, 6) is 0.441. The second kappa shape index (κ2) is 6.15. The Morgan fingerprint density at radius 2 is 1.44 bits per heavy atom. The van der Waals surface area contributed by atoms with Crippen molar-refractivity contribution in [2.75, 3.05) is 0 Å². The molecule has 2 aromatic rings. The van der Waals surface area contributed by atoms with Crippen LogP contribution in [0.15, 0.2) is 65.7 Å². The summed E-state index contributed by atoms with van der Waals surface area (Å²) in [5, 5.41) is 0. The quantitative estimate of drug-likeness (QED) is 0.702. The number of rotatable bonds is 4. The highest BCUT2D eigenvalue weighted by Crippen LogP contribution is 2.11. The van der Waals surface area contributed by atoms with Gasteiger partial charge in [0, 0.05) is 5.71 Å². The Labute approximate surface area is 109 Å². The summed E-state index contributed by atoms with van der Waals surface area (Å²) in [6.07, 6.45) is 0. The van der Waals surface area contributed by atoms with Gasteiger partial charge >= 0.3 is 0 Å². The van der Waals surface area contributed by atoms with Crippen LogP contribution in [0.5, 0.6) is 0 Å². The lowest BCUT2D eigenvalue weighted by Crippen LogP contribution is -2.09. The predicted octanol–water partition coefficient (Wildman–Crippen LogP) is 4.33. The first-order valence-electron chi connectivity index (χ1n) is 6.41. The van der Waals surface area contributed by atoms with Crippen molar-refractivity contribution in [3.05, 3.63) is 71.8 Å². The van der Waals surface area contributed by atoms with Gasteiger partial charge in [-0.25, -0.2) is 0 Å². The second-order valence-corrected chi connectivity index (χ2v) is 4.71. The van der Waals surface area contributed by atoms with E-state index < -0.39 is 0 Å². The third-order valence-electron chi connectivity index (χ3n) is 2.89. The minimum absolute atomic E-state index is 0.441. The molecule has 0 saturated carbocycles. The zero-order chi connectivity index (χ0) is 12.8. The van der Waals surface area contributed by atoms with E-state index in [0.29, 0.717) is 5.92 Å². The molecular weight excluding hydrogens is 218 g/mol. The Morgan fingerprint density at radius 3 is 2.00 bits per heavy atom. The maximum Gasteiger partial charge on any atom is 0.0643 e. The zero-order valence-corrected chi connectivity index (χ0v) is 11.0. The SMILES string of the molecule is CC(C)C(=NCc1ccccc1)c1ccccc1. The minimum atomic E-state index is 0.441. The van der Waals surface area contributed by atoms with Crippen LogP contribution in [-0.4, -0.2) is 5.71 Å². The van der Waals surface area contributed by atoms with Crippen LogP contribution in [-0.2, 0) is 6.54 Å². The zero-order valence-electron chi connectivity index (χ0n) is 11.0. The first kappa shape index (κ1) is 12.6. The number of nitrogens with zero attached hydrogens (tertiary/aromatic N) is 1. The van der Waals surface area contributed by atoms with Crippen LogP contribution in [0.2, 0.25) is 0 Å². The van der Waals surface area contributed by atoms with Crippen molar-refractivity contribution in [3.8, 4) is 0 Å². The largest absolute Gasteiger partial charge is 0.284 e. The molecular formula is C17H19N. The van der Waals surface area contributed by atoms with Crippen LogP contribution in [0.25, 0.3) is 0 Å². The van der Waals surface area contributed by atoms with Crippen LogP contribution in [0.1, 0.15) is 25.0 Å². The van der Waals surface area contributed by atoms with E-state index in [0.717, 1.165) is 6.54 Å². The molecule has 1 nitrogen and oxygen atoms in total. The maximum absolute atomic E-state index is 4.78. The number of hydrogen-bond donors (Lipinski definition) is 0. The lowest BCUT2D eigenvalue weighted by molar-refractivity contribution is 0.867. The highest BCUT2D eigenvalue weighted by molar-refractivity contribution is 6.01. The average molecular weight is 237 g/mol. The Morgan fingerprint density at radius 1 is 0.889 bits per heavy atom. The van der Waals surface area contributed by atoms with Gasteiger partial charge in [-0.3, -0.25) is 4.99 Å². The van der Waals surface area contributed by atoms with Crippen molar-refractivity contribution in [2.45, 2.75) is 20.4 Å². The Kier molecular flexibility index (Phi) is 4.30. The molecule has 0 fully saturated rings. The first-order valence-corrected chi connectivity index (χ1v) is 6.41. The van der Waals surface area contributed by atoms with E-state index in [1.807, 2.05) is 12.1 Å². The van der Waals surface area contributed by atoms with E-state index in [1.165, 1.54) is 16.8 Å². The summed E-state index contributed by atoms with van der Waals surface area (Å²) >= 11 is 0. The molecule has 0 amide bonds. The molecule has 0 saturated heterocycles. The molecule has 0 aliphatic rings. The Bertz CT molecular complexity index is 498. The first-order chi connectivity index (χ1) is 8.77. The number of aliphatic imine (C=N–C) groups is 1. The maximum atomic E-state index is 4.78. The third-order valence-corrected chi connectivity index (χ3v) is 2.89. The van der Waals surface area contributed by atoms with Crippen LogP contribution in [0, 0.1) is 5.92 Å². The van der Waals surface area contributed by atoms with Crippen molar-refractivity contribution in [3.63, 3.8) is 0 Å². The summed E-state index contributed by atoms with van der Waals surface area (Å²) in [7, 11) is 0. The normalized spacial score (nSPS) is 11.8. The molecule has 0 spiro atoms. The molecule has 0 aliphatic heterocycles.